The van der Waals surface area contributed by atoms with Crippen LogP contribution in [0.2, 0.25) is 0 Å². The molecular weight excluding hydrogens is 236 g/mol. The first-order valence-electron chi connectivity index (χ1n) is 5.76. The van der Waals surface area contributed by atoms with Gasteiger partial charge in [0.05, 0.1) is 17.4 Å². The van der Waals surface area contributed by atoms with Crippen molar-refractivity contribution in [2.24, 2.45) is 0 Å². The van der Waals surface area contributed by atoms with Crippen LogP contribution in [0.4, 0.5) is 5.69 Å². The minimum Gasteiger partial charge on any atom is -0.391 e. The monoisotopic (exact) mass is 250 g/mol. The van der Waals surface area contributed by atoms with Crippen molar-refractivity contribution in [2.45, 2.75) is 18.9 Å². The van der Waals surface area contributed by atoms with Crippen LogP contribution < -0.4 is 0 Å². The highest BCUT2D eigenvalue weighted by Crippen LogP contribution is 2.20. The quantitative estimate of drug-likeness (QED) is 0.633. The van der Waals surface area contributed by atoms with Gasteiger partial charge in [0.15, 0.2) is 0 Å². The fraction of sp³-hybridized carbons (Fsp3) is 0.417. The SMILES string of the molecule is O=C(Cc1ccccc1[N+](=O)[O-])N1CCC(O)C1. The summed E-state index contributed by atoms with van der Waals surface area (Å²) in [7, 11) is 0. The number of nitro benzene ring substituents is 1. The number of carbonyl (C=O) groups excluding carboxylic acids is 1. The van der Waals surface area contributed by atoms with E-state index >= 15 is 0 Å². The molecular formula is C12H14N2O4. The average molecular weight is 250 g/mol. The number of nitro groups is 1. The molecule has 0 aromatic heterocycles. The van der Waals surface area contributed by atoms with E-state index in [1.165, 1.54) is 6.07 Å². The molecule has 1 N–H and O–H groups in total. The Morgan fingerprint density at radius 1 is 1.50 bits per heavy atom. The van der Waals surface area contributed by atoms with Crippen LogP contribution in [0, 0.1) is 10.1 Å². The molecule has 2 rings (SSSR count). The zero-order valence-corrected chi connectivity index (χ0v) is 9.78. The minimum atomic E-state index is -0.485. The van der Waals surface area contributed by atoms with Gasteiger partial charge in [0.25, 0.3) is 5.69 Å². The van der Waals surface area contributed by atoms with Gasteiger partial charge in [-0.2, -0.15) is 0 Å². The molecule has 0 saturated carbocycles. The Labute approximate surface area is 104 Å². The molecule has 0 aliphatic carbocycles. The molecule has 18 heavy (non-hydrogen) atoms. The molecule has 6 nitrogen and oxygen atoms in total. The molecule has 96 valence electrons. The third kappa shape index (κ3) is 2.65. The van der Waals surface area contributed by atoms with E-state index in [2.05, 4.69) is 0 Å². The number of nitrogens with zero attached hydrogens (tertiary/aromatic N) is 2. The van der Waals surface area contributed by atoms with Crippen molar-refractivity contribution in [1.82, 2.24) is 4.90 Å². The van der Waals surface area contributed by atoms with Gasteiger partial charge >= 0.3 is 0 Å². The molecule has 1 amide bonds. The Hall–Kier alpha value is -1.95. The van der Waals surface area contributed by atoms with Crippen molar-refractivity contribution in [3.05, 3.63) is 39.9 Å². The van der Waals surface area contributed by atoms with E-state index < -0.39 is 11.0 Å². The topological polar surface area (TPSA) is 83.7 Å². The molecule has 0 radical (unpaired) electrons. The number of para-hydroxylation sites is 1. The Morgan fingerprint density at radius 2 is 2.22 bits per heavy atom. The molecule has 1 aliphatic heterocycles. The van der Waals surface area contributed by atoms with Crippen LogP contribution in [0.3, 0.4) is 0 Å². The highest BCUT2D eigenvalue weighted by atomic mass is 16.6. The van der Waals surface area contributed by atoms with Gasteiger partial charge in [-0.25, -0.2) is 0 Å². The summed E-state index contributed by atoms with van der Waals surface area (Å²) in [5.74, 6) is -0.180. The Kier molecular flexibility index (Phi) is 3.57. The number of carbonyl (C=O) groups is 1. The number of hydrogen-bond acceptors (Lipinski definition) is 4. The fourth-order valence-electron chi connectivity index (χ4n) is 2.08. The van der Waals surface area contributed by atoms with Gasteiger partial charge in [-0.15, -0.1) is 0 Å². The van der Waals surface area contributed by atoms with Crippen molar-refractivity contribution in [1.29, 1.82) is 0 Å². The zero-order valence-electron chi connectivity index (χ0n) is 9.78. The molecule has 1 unspecified atom stereocenters. The number of hydrogen-bond donors (Lipinski definition) is 1. The smallest absolute Gasteiger partial charge is 0.273 e. The van der Waals surface area contributed by atoms with E-state index in [9.17, 15) is 20.0 Å². The minimum absolute atomic E-state index is 0.00384. The van der Waals surface area contributed by atoms with Gasteiger partial charge in [-0.1, -0.05) is 18.2 Å². The van der Waals surface area contributed by atoms with E-state index in [0.717, 1.165) is 0 Å². The molecule has 1 fully saturated rings. The second-order valence-electron chi connectivity index (χ2n) is 4.34. The van der Waals surface area contributed by atoms with Crippen molar-refractivity contribution in [3.63, 3.8) is 0 Å². The summed E-state index contributed by atoms with van der Waals surface area (Å²) in [4.78, 5) is 23.8. The van der Waals surface area contributed by atoms with Crippen molar-refractivity contribution < 1.29 is 14.8 Å². The Bertz CT molecular complexity index is 475. The summed E-state index contributed by atoms with van der Waals surface area (Å²) in [6, 6.07) is 6.23. The summed E-state index contributed by atoms with van der Waals surface area (Å²) in [6.07, 6.45) is 0.103. The van der Waals surface area contributed by atoms with E-state index in [1.807, 2.05) is 0 Å². The third-order valence-electron chi connectivity index (χ3n) is 3.05. The van der Waals surface area contributed by atoms with Crippen LogP contribution in [0.1, 0.15) is 12.0 Å². The van der Waals surface area contributed by atoms with Gasteiger partial charge in [0.2, 0.25) is 5.91 Å². The first-order valence-corrected chi connectivity index (χ1v) is 5.76. The van der Waals surface area contributed by atoms with Crippen LogP contribution in [0.15, 0.2) is 24.3 Å². The van der Waals surface area contributed by atoms with Crippen molar-refractivity contribution >= 4 is 11.6 Å². The maximum absolute atomic E-state index is 11.9. The molecule has 1 aromatic carbocycles. The lowest BCUT2D eigenvalue weighted by Crippen LogP contribution is -2.31. The molecule has 1 atom stereocenters. The number of benzene rings is 1. The molecule has 1 saturated heterocycles. The zero-order chi connectivity index (χ0) is 13.1. The highest BCUT2D eigenvalue weighted by Gasteiger charge is 2.26. The molecule has 1 heterocycles. The summed E-state index contributed by atoms with van der Waals surface area (Å²) in [5.41, 5.74) is 0.375. The predicted octanol–water partition coefficient (Wildman–Crippen LogP) is 0.730. The second kappa shape index (κ2) is 5.14. The second-order valence-corrected chi connectivity index (χ2v) is 4.34. The van der Waals surface area contributed by atoms with Crippen molar-refractivity contribution in [3.8, 4) is 0 Å². The summed E-state index contributed by atoms with van der Waals surface area (Å²) < 4.78 is 0. The largest absolute Gasteiger partial charge is 0.391 e. The van der Waals surface area contributed by atoms with Crippen LogP contribution in [0.25, 0.3) is 0 Å². The Morgan fingerprint density at radius 3 is 2.83 bits per heavy atom. The highest BCUT2D eigenvalue weighted by molar-refractivity contribution is 5.80. The lowest BCUT2D eigenvalue weighted by Gasteiger charge is -2.15. The van der Waals surface area contributed by atoms with Gasteiger partial charge in [0.1, 0.15) is 0 Å². The molecule has 0 spiro atoms. The van der Waals surface area contributed by atoms with Crippen LogP contribution in [-0.2, 0) is 11.2 Å². The normalized spacial score (nSPS) is 18.9. The van der Waals surface area contributed by atoms with E-state index in [4.69, 9.17) is 0 Å². The first-order chi connectivity index (χ1) is 8.58. The first kappa shape index (κ1) is 12.5. The van der Waals surface area contributed by atoms with Gasteiger partial charge < -0.3 is 10.0 Å². The lowest BCUT2D eigenvalue weighted by atomic mass is 10.1. The van der Waals surface area contributed by atoms with Gasteiger partial charge in [0, 0.05) is 24.7 Å². The van der Waals surface area contributed by atoms with Gasteiger partial charge in [-0.05, 0) is 6.42 Å². The maximum atomic E-state index is 11.9. The molecule has 0 bridgehead atoms. The number of amides is 1. The number of rotatable bonds is 3. The summed E-state index contributed by atoms with van der Waals surface area (Å²) in [6.45, 7) is 0.833. The van der Waals surface area contributed by atoms with Crippen LogP contribution in [0.5, 0.6) is 0 Å². The van der Waals surface area contributed by atoms with Crippen LogP contribution >= 0.6 is 0 Å². The van der Waals surface area contributed by atoms with Crippen molar-refractivity contribution in [2.75, 3.05) is 13.1 Å². The van der Waals surface area contributed by atoms with E-state index in [1.54, 1.807) is 23.1 Å². The number of likely N-dealkylation sites (tertiary alicyclic amines) is 1. The van der Waals surface area contributed by atoms with Gasteiger partial charge in [-0.3, -0.25) is 14.9 Å². The lowest BCUT2D eigenvalue weighted by molar-refractivity contribution is -0.385. The fourth-order valence-corrected chi connectivity index (χ4v) is 2.08. The third-order valence-corrected chi connectivity index (χ3v) is 3.05. The standard InChI is InChI=1S/C12H14N2O4/c15-10-5-6-13(8-10)12(16)7-9-3-1-2-4-11(9)14(17)18/h1-4,10,15H,5-8H2. The van der Waals surface area contributed by atoms with Crippen LogP contribution in [-0.4, -0.2) is 40.0 Å². The number of aliphatic hydroxyl groups excluding tert-OH is 1. The van der Waals surface area contributed by atoms with E-state index in [-0.39, 0.29) is 18.0 Å². The molecule has 6 heteroatoms. The molecule has 1 aliphatic rings. The number of aliphatic hydroxyl groups is 1. The molecule has 1 aromatic rings. The maximum Gasteiger partial charge on any atom is 0.273 e. The summed E-state index contributed by atoms with van der Waals surface area (Å²) >= 11 is 0. The average Bonchev–Trinajstić information content (AvgIpc) is 2.76. The Balaban J connectivity index is 2.09. The predicted molar refractivity (Wildman–Crippen MR) is 64.0 cm³/mol. The number of β-amino-alcohol motifs (C(OH)–C–C–N with tert-alkyl or cyclic N) is 1. The summed E-state index contributed by atoms with van der Waals surface area (Å²) in [5, 5.41) is 20.2. The van der Waals surface area contributed by atoms with E-state index in [0.29, 0.717) is 25.1 Å².